The van der Waals surface area contributed by atoms with Crippen LogP contribution in [0, 0.1) is 0 Å². The maximum absolute atomic E-state index is 11.9. The molecule has 0 saturated carbocycles. The molecule has 1 fully saturated rings. The Hall–Kier alpha value is -1.24. The summed E-state index contributed by atoms with van der Waals surface area (Å²) in [7, 11) is 0. The molecule has 0 spiro atoms. The molecule has 0 bridgehead atoms. The number of nitrogens with zero attached hydrogens (tertiary/aromatic N) is 2. The zero-order valence-corrected chi connectivity index (χ0v) is 13.5. The second-order valence-electron chi connectivity index (χ2n) is 5.23. The van der Waals surface area contributed by atoms with Crippen LogP contribution in [-0.4, -0.2) is 28.9 Å². The van der Waals surface area contributed by atoms with Crippen LogP contribution in [0.3, 0.4) is 0 Å². The molecule has 0 radical (unpaired) electrons. The number of carbonyl (C=O) groups is 1. The molecule has 1 N–H and O–H groups in total. The highest BCUT2D eigenvalue weighted by Gasteiger charge is 2.13. The monoisotopic (exact) mass is 321 g/mol. The third kappa shape index (κ3) is 4.12. The highest BCUT2D eigenvalue weighted by Crippen LogP contribution is 2.16. The lowest BCUT2D eigenvalue weighted by molar-refractivity contribution is 0.0955. The largest absolute Gasteiger partial charge is 0.345 e. The van der Waals surface area contributed by atoms with Crippen molar-refractivity contribution in [1.29, 1.82) is 0 Å². The quantitative estimate of drug-likeness (QED) is 0.920. The summed E-state index contributed by atoms with van der Waals surface area (Å²) in [5.74, 6) is -0.0159. The van der Waals surface area contributed by atoms with Crippen LogP contribution < -0.4 is 5.32 Å². The summed E-state index contributed by atoms with van der Waals surface area (Å²) >= 11 is 3.09. The van der Waals surface area contributed by atoms with Gasteiger partial charge in [-0.3, -0.25) is 9.69 Å². The molecule has 0 atom stereocenters. The standard InChI is InChI=1S/C15H19N3OS2/c19-15(13-5-4-8-20-13)16-9-14-17-12(11-21-14)10-18-6-2-1-3-7-18/h4-5,8,11H,1-3,6-7,9-10H2,(H,16,19). The van der Waals surface area contributed by atoms with E-state index in [0.29, 0.717) is 6.54 Å². The lowest BCUT2D eigenvalue weighted by Crippen LogP contribution is -2.29. The van der Waals surface area contributed by atoms with Gasteiger partial charge in [0.15, 0.2) is 0 Å². The van der Waals surface area contributed by atoms with Crippen molar-refractivity contribution in [3.63, 3.8) is 0 Å². The Balaban J connectivity index is 1.49. The third-order valence-electron chi connectivity index (χ3n) is 3.58. The number of hydrogen-bond donors (Lipinski definition) is 1. The van der Waals surface area contributed by atoms with Crippen LogP contribution in [0.15, 0.2) is 22.9 Å². The van der Waals surface area contributed by atoms with Crippen molar-refractivity contribution >= 4 is 28.6 Å². The zero-order chi connectivity index (χ0) is 14.5. The average molecular weight is 321 g/mol. The Morgan fingerprint density at radius 3 is 2.90 bits per heavy atom. The lowest BCUT2D eigenvalue weighted by Gasteiger charge is -2.25. The summed E-state index contributed by atoms with van der Waals surface area (Å²) in [6.45, 7) is 3.82. The van der Waals surface area contributed by atoms with Crippen molar-refractivity contribution in [2.45, 2.75) is 32.4 Å². The number of rotatable bonds is 5. The third-order valence-corrected chi connectivity index (χ3v) is 5.34. The number of likely N-dealkylation sites (tertiary alicyclic amines) is 1. The molecule has 0 aliphatic carbocycles. The van der Waals surface area contributed by atoms with Crippen molar-refractivity contribution < 1.29 is 4.79 Å². The fourth-order valence-corrected chi connectivity index (χ4v) is 3.86. The van der Waals surface area contributed by atoms with Gasteiger partial charge < -0.3 is 5.32 Å². The molecule has 0 unspecified atom stereocenters. The molecule has 1 aliphatic heterocycles. The molecule has 2 aromatic heterocycles. The van der Waals surface area contributed by atoms with E-state index in [9.17, 15) is 4.79 Å². The van der Waals surface area contributed by atoms with Crippen LogP contribution >= 0.6 is 22.7 Å². The Labute approximate surface area is 132 Å². The molecule has 21 heavy (non-hydrogen) atoms. The molecule has 1 saturated heterocycles. The minimum atomic E-state index is -0.0159. The highest BCUT2D eigenvalue weighted by atomic mass is 32.1. The van der Waals surface area contributed by atoms with Gasteiger partial charge in [0.1, 0.15) is 5.01 Å². The lowest BCUT2D eigenvalue weighted by atomic mass is 10.1. The maximum atomic E-state index is 11.9. The van der Waals surface area contributed by atoms with E-state index in [1.807, 2.05) is 17.5 Å². The number of nitrogens with one attached hydrogen (secondary N) is 1. The fourth-order valence-electron chi connectivity index (χ4n) is 2.50. The van der Waals surface area contributed by atoms with Crippen LogP contribution in [0.4, 0.5) is 0 Å². The van der Waals surface area contributed by atoms with Crippen LogP contribution in [0.2, 0.25) is 0 Å². The summed E-state index contributed by atoms with van der Waals surface area (Å²) in [5, 5.41) is 7.93. The van der Waals surface area contributed by atoms with E-state index in [1.165, 1.54) is 43.7 Å². The van der Waals surface area contributed by atoms with Crippen LogP contribution in [0.1, 0.15) is 39.6 Å². The normalized spacial score (nSPS) is 16.0. The van der Waals surface area contributed by atoms with Crippen molar-refractivity contribution in [3.05, 3.63) is 38.5 Å². The predicted molar refractivity (Wildman–Crippen MR) is 86.7 cm³/mol. The Morgan fingerprint density at radius 1 is 1.29 bits per heavy atom. The molecule has 3 heterocycles. The first-order valence-corrected chi connectivity index (χ1v) is 9.04. The summed E-state index contributed by atoms with van der Waals surface area (Å²) in [6.07, 6.45) is 3.95. The number of hydrogen-bond acceptors (Lipinski definition) is 5. The number of aromatic nitrogens is 1. The molecule has 2 aromatic rings. The van der Waals surface area contributed by atoms with Crippen molar-refractivity contribution in [2.75, 3.05) is 13.1 Å². The first-order chi connectivity index (χ1) is 10.3. The summed E-state index contributed by atoms with van der Waals surface area (Å²) in [4.78, 5) is 19.7. The first kappa shape index (κ1) is 14.7. The topological polar surface area (TPSA) is 45.2 Å². The van der Waals surface area contributed by atoms with Crippen LogP contribution in [-0.2, 0) is 13.1 Å². The molecule has 4 nitrogen and oxygen atoms in total. The first-order valence-electron chi connectivity index (χ1n) is 7.28. The smallest absolute Gasteiger partial charge is 0.261 e. The van der Waals surface area contributed by atoms with Gasteiger partial charge >= 0.3 is 0 Å². The van der Waals surface area contributed by atoms with E-state index >= 15 is 0 Å². The molecule has 1 amide bonds. The minimum Gasteiger partial charge on any atom is -0.345 e. The molecule has 112 valence electrons. The van der Waals surface area contributed by atoms with Crippen LogP contribution in [0.25, 0.3) is 0 Å². The molecule has 3 rings (SSSR count). The number of piperidine rings is 1. The van der Waals surface area contributed by atoms with Crippen molar-refractivity contribution in [1.82, 2.24) is 15.2 Å². The number of thiophene rings is 1. The van der Waals surface area contributed by atoms with Gasteiger partial charge in [-0.1, -0.05) is 12.5 Å². The molecular formula is C15H19N3OS2. The predicted octanol–water partition coefficient (Wildman–Crippen LogP) is 3.12. The number of thiazole rings is 1. The fraction of sp³-hybridized carbons (Fsp3) is 0.467. The second-order valence-corrected chi connectivity index (χ2v) is 7.12. The van der Waals surface area contributed by atoms with Gasteiger partial charge in [-0.15, -0.1) is 22.7 Å². The molecule has 6 heteroatoms. The van der Waals surface area contributed by atoms with Gasteiger partial charge in [-0.05, 0) is 37.4 Å². The number of carbonyl (C=O) groups excluding carboxylic acids is 1. The summed E-state index contributed by atoms with van der Waals surface area (Å²) < 4.78 is 0. The van der Waals surface area contributed by atoms with E-state index < -0.39 is 0 Å². The van der Waals surface area contributed by atoms with E-state index in [2.05, 4.69) is 20.6 Å². The van der Waals surface area contributed by atoms with E-state index in [0.717, 1.165) is 22.1 Å². The van der Waals surface area contributed by atoms with E-state index in [4.69, 9.17) is 0 Å². The zero-order valence-electron chi connectivity index (χ0n) is 11.9. The van der Waals surface area contributed by atoms with Gasteiger partial charge in [-0.2, -0.15) is 0 Å². The van der Waals surface area contributed by atoms with Gasteiger partial charge in [0, 0.05) is 11.9 Å². The van der Waals surface area contributed by atoms with E-state index in [1.54, 1.807) is 11.3 Å². The minimum absolute atomic E-state index is 0.0159. The molecular weight excluding hydrogens is 302 g/mol. The summed E-state index contributed by atoms with van der Waals surface area (Å²) in [6, 6.07) is 3.73. The van der Waals surface area contributed by atoms with Gasteiger partial charge in [0.2, 0.25) is 0 Å². The molecule has 1 aliphatic rings. The average Bonchev–Trinajstić information content (AvgIpc) is 3.17. The second kappa shape index (κ2) is 7.15. The molecule has 0 aromatic carbocycles. The number of amides is 1. The van der Waals surface area contributed by atoms with Gasteiger partial charge in [0.25, 0.3) is 5.91 Å². The van der Waals surface area contributed by atoms with Crippen LogP contribution in [0.5, 0.6) is 0 Å². The van der Waals surface area contributed by atoms with Crippen molar-refractivity contribution in [2.24, 2.45) is 0 Å². The highest BCUT2D eigenvalue weighted by molar-refractivity contribution is 7.12. The van der Waals surface area contributed by atoms with E-state index in [-0.39, 0.29) is 5.91 Å². The Morgan fingerprint density at radius 2 is 2.14 bits per heavy atom. The van der Waals surface area contributed by atoms with Gasteiger partial charge in [-0.25, -0.2) is 4.98 Å². The van der Waals surface area contributed by atoms with Gasteiger partial charge in [0.05, 0.1) is 17.1 Å². The van der Waals surface area contributed by atoms with Crippen molar-refractivity contribution in [3.8, 4) is 0 Å². The Kier molecular flexibility index (Phi) is 5.00. The summed E-state index contributed by atoms with van der Waals surface area (Å²) in [5.41, 5.74) is 1.13. The SMILES string of the molecule is O=C(NCc1nc(CN2CCCCC2)cs1)c1cccs1. The maximum Gasteiger partial charge on any atom is 0.261 e. The Bertz CT molecular complexity index is 574.